The predicted molar refractivity (Wildman–Crippen MR) is 76.5 cm³/mol. The molecule has 1 aromatic carbocycles. The lowest BCUT2D eigenvalue weighted by Gasteiger charge is -2.20. The Morgan fingerprint density at radius 3 is 2.42 bits per heavy atom. The molecule has 0 saturated carbocycles. The second-order valence-electron chi connectivity index (χ2n) is 4.02. The summed E-state index contributed by atoms with van der Waals surface area (Å²) in [5.74, 6) is 1.92. The van der Waals surface area contributed by atoms with Crippen LogP contribution in [0.2, 0.25) is 5.02 Å². The number of hydrogen-bond acceptors (Lipinski definition) is 3. The van der Waals surface area contributed by atoms with Crippen LogP contribution in [0.15, 0.2) is 33.4 Å². The number of benzene rings is 1. The van der Waals surface area contributed by atoms with Gasteiger partial charge in [-0.25, -0.2) is 0 Å². The molecule has 0 fully saturated rings. The Hall–Kier alpha value is -0.840. The van der Waals surface area contributed by atoms with Gasteiger partial charge in [0, 0.05) is 16.7 Å². The lowest BCUT2D eigenvalue weighted by atomic mass is 10.1. The molecule has 6 heteroatoms. The van der Waals surface area contributed by atoms with Crippen molar-refractivity contribution in [3.05, 3.63) is 45.3 Å². The highest BCUT2D eigenvalue weighted by Gasteiger charge is 2.22. The summed E-state index contributed by atoms with van der Waals surface area (Å²) < 4.78 is 17.1. The molecule has 3 rings (SSSR count). The van der Waals surface area contributed by atoms with Gasteiger partial charge in [0.2, 0.25) is 0 Å². The Morgan fingerprint density at radius 1 is 1.11 bits per heavy atom. The van der Waals surface area contributed by atoms with Gasteiger partial charge >= 0.3 is 0 Å². The molecule has 0 spiro atoms. The van der Waals surface area contributed by atoms with E-state index in [1.54, 1.807) is 24.3 Å². The summed E-state index contributed by atoms with van der Waals surface area (Å²) in [6, 6.07) is 7.11. The molecular weight excluding hydrogens is 355 g/mol. The van der Waals surface area contributed by atoms with Crippen molar-refractivity contribution < 1.29 is 13.9 Å². The highest BCUT2D eigenvalue weighted by molar-refractivity contribution is 9.10. The van der Waals surface area contributed by atoms with E-state index in [2.05, 4.69) is 15.9 Å². The number of halogens is 3. The summed E-state index contributed by atoms with van der Waals surface area (Å²) in [4.78, 5) is 0. The highest BCUT2D eigenvalue weighted by Crippen LogP contribution is 2.42. The average Bonchev–Trinajstić information content (AvgIpc) is 2.84. The van der Waals surface area contributed by atoms with Gasteiger partial charge in [-0.2, -0.15) is 0 Å². The number of ether oxygens (including phenoxy) is 2. The number of fused-ring (bicyclic) bond motifs is 1. The van der Waals surface area contributed by atoms with Gasteiger partial charge in [0.15, 0.2) is 16.2 Å². The van der Waals surface area contributed by atoms with E-state index in [1.165, 1.54) is 0 Å². The first-order valence-corrected chi connectivity index (χ1v) is 7.24. The predicted octanol–water partition coefficient (Wildman–Crippen LogP) is 4.79. The van der Waals surface area contributed by atoms with Crippen molar-refractivity contribution in [2.24, 2.45) is 0 Å². The van der Waals surface area contributed by atoms with Crippen molar-refractivity contribution >= 4 is 39.1 Å². The van der Waals surface area contributed by atoms with Gasteiger partial charge in [-0.1, -0.05) is 11.6 Å². The maximum atomic E-state index is 6.40. The van der Waals surface area contributed by atoms with Crippen LogP contribution in [0.5, 0.6) is 11.5 Å². The zero-order valence-electron chi connectivity index (χ0n) is 9.66. The molecule has 3 nitrogen and oxygen atoms in total. The maximum absolute atomic E-state index is 6.40. The number of hydrogen-bond donors (Lipinski definition) is 0. The Kier molecular flexibility index (Phi) is 3.65. The first-order chi connectivity index (χ1) is 9.15. The van der Waals surface area contributed by atoms with E-state index >= 15 is 0 Å². The van der Waals surface area contributed by atoms with E-state index in [0.717, 1.165) is 5.56 Å². The van der Waals surface area contributed by atoms with Crippen molar-refractivity contribution in [2.45, 2.75) is 5.38 Å². The van der Waals surface area contributed by atoms with Crippen LogP contribution in [0, 0.1) is 0 Å². The van der Waals surface area contributed by atoms with Crippen LogP contribution in [-0.4, -0.2) is 13.2 Å². The molecule has 1 atom stereocenters. The SMILES string of the molecule is Clc1cc2c(cc1C(Cl)c1ccc(Br)o1)OCCO2. The van der Waals surface area contributed by atoms with E-state index < -0.39 is 5.38 Å². The molecule has 0 bridgehead atoms. The largest absolute Gasteiger partial charge is 0.486 e. The van der Waals surface area contributed by atoms with E-state index in [-0.39, 0.29) is 0 Å². The molecule has 0 saturated heterocycles. The Labute approximate surface area is 128 Å². The van der Waals surface area contributed by atoms with E-state index in [1.807, 2.05) is 0 Å². The molecule has 0 radical (unpaired) electrons. The van der Waals surface area contributed by atoms with Crippen molar-refractivity contribution in [1.29, 1.82) is 0 Å². The lowest BCUT2D eigenvalue weighted by Crippen LogP contribution is -2.15. The molecule has 2 aromatic rings. The summed E-state index contributed by atoms with van der Waals surface area (Å²) >= 11 is 15.9. The number of furan rings is 1. The summed E-state index contributed by atoms with van der Waals surface area (Å²) in [5.41, 5.74) is 0.731. The van der Waals surface area contributed by atoms with Crippen LogP contribution in [0.3, 0.4) is 0 Å². The molecule has 0 amide bonds. The molecule has 2 heterocycles. The molecule has 1 aliphatic rings. The van der Waals surface area contributed by atoms with Gasteiger partial charge in [0.25, 0.3) is 0 Å². The van der Waals surface area contributed by atoms with Crippen LogP contribution in [0.25, 0.3) is 0 Å². The second kappa shape index (κ2) is 5.27. The van der Waals surface area contributed by atoms with Gasteiger partial charge < -0.3 is 13.9 Å². The molecule has 0 N–H and O–H groups in total. The average molecular weight is 364 g/mol. The lowest BCUT2D eigenvalue weighted by molar-refractivity contribution is 0.171. The summed E-state index contributed by atoms with van der Waals surface area (Å²) in [7, 11) is 0. The van der Waals surface area contributed by atoms with E-state index in [4.69, 9.17) is 37.1 Å². The van der Waals surface area contributed by atoms with Gasteiger partial charge in [0.05, 0.1) is 0 Å². The van der Waals surface area contributed by atoms with Crippen molar-refractivity contribution in [3.63, 3.8) is 0 Å². The Balaban J connectivity index is 2.00. The van der Waals surface area contributed by atoms with Crippen LogP contribution in [-0.2, 0) is 0 Å². The van der Waals surface area contributed by atoms with Crippen molar-refractivity contribution in [2.75, 3.05) is 13.2 Å². The molecular formula is C13H9BrCl2O3. The first kappa shape index (κ1) is 13.2. The molecule has 0 aliphatic carbocycles. The summed E-state index contributed by atoms with van der Waals surface area (Å²) in [6.45, 7) is 1.05. The second-order valence-corrected chi connectivity index (χ2v) is 5.65. The highest BCUT2D eigenvalue weighted by atomic mass is 79.9. The summed E-state index contributed by atoms with van der Waals surface area (Å²) in [5, 5.41) is 0.0476. The van der Waals surface area contributed by atoms with Gasteiger partial charge in [-0.3, -0.25) is 0 Å². The quantitative estimate of drug-likeness (QED) is 0.718. The zero-order chi connectivity index (χ0) is 13.4. The van der Waals surface area contributed by atoms with E-state index in [9.17, 15) is 0 Å². The fraction of sp³-hybridized carbons (Fsp3) is 0.231. The first-order valence-electron chi connectivity index (χ1n) is 5.63. The smallest absolute Gasteiger partial charge is 0.169 e. The standard InChI is InChI=1S/C13H9BrCl2O3/c14-12-2-1-9(19-12)13(16)7-5-10-11(6-8(7)15)18-4-3-17-10/h1-2,5-6,13H,3-4H2. The van der Waals surface area contributed by atoms with Crippen molar-refractivity contribution in [3.8, 4) is 11.5 Å². The third-order valence-electron chi connectivity index (χ3n) is 2.78. The fourth-order valence-corrected chi connectivity index (χ4v) is 2.83. The minimum atomic E-state index is -0.477. The van der Waals surface area contributed by atoms with Crippen LogP contribution < -0.4 is 9.47 Å². The zero-order valence-corrected chi connectivity index (χ0v) is 12.8. The van der Waals surface area contributed by atoms with Crippen molar-refractivity contribution in [1.82, 2.24) is 0 Å². The third kappa shape index (κ3) is 2.57. The molecule has 100 valence electrons. The maximum Gasteiger partial charge on any atom is 0.169 e. The Bertz CT molecular complexity index is 612. The molecule has 1 aliphatic heterocycles. The Morgan fingerprint density at radius 2 is 1.79 bits per heavy atom. The molecule has 1 aromatic heterocycles. The van der Waals surface area contributed by atoms with Crippen LogP contribution >= 0.6 is 39.1 Å². The fourth-order valence-electron chi connectivity index (χ4n) is 1.89. The van der Waals surface area contributed by atoms with Gasteiger partial charge in [-0.15, -0.1) is 11.6 Å². The summed E-state index contributed by atoms with van der Waals surface area (Å²) in [6.07, 6.45) is 0. The van der Waals surface area contributed by atoms with Crippen LogP contribution in [0.4, 0.5) is 0 Å². The number of alkyl halides is 1. The molecule has 1 unspecified atom stereocenters. The third-order valence-corrected chi connectivity index (χ3v) is 3.98. The molecule has 19 heavy (non-hydrogen) atoms. The van der Waals surface area contributed by atoms with E-state index in [0.29, 0.717) is 40.2 Å². The van der Waals surface area contributed by atoms with Crippen LogP contribution in [0.1, 0.15) is 16.7 Å². The minimum absolute atomic E-state index is 0.477. The number of rotatable bonds is 2. The monoisotopic (exact) mass is 362 g/mol. The van der Waals surface area contributed by atoms with Gasteiger partial charge in [0.1, 0.15) is 24.4 Å². The minimum Gasteiger partial charge on any atom is -0.486 e. The normalized spacial score (nSPS) is 15.3. The topological polar surface area (TPSA) is 31.6 Å². The van der Waals surface area contributed by atoms with Gasteiger partial charge in [-0.05, 0) is 34.1 Å².